The molecular formula is C13H21N3. The van der Waals surface area contributed by atoms with Crippen LogP contribution in [-0.2, 0) is 6.54 Å². The summed E-state index contributed by atoms with van der Waals surface area (Å²) in [6, 6.07) is 2.10. The van der Waals surface area contributed by atoms with Crippen molar-refractivity contribution in [3.05, 3.63) is 23.3 Å². The monoisotopic (exact) mass is 219 g/mol. The summed E-state index contributed by atoms with van der Waals surface area (Å²) in [7, 11) is 0. The first-order valence-electron chi connectivity index (χ1n) is 6.17. The van der Waals surface area contributed by atoms with E-state index in [1.807, 2.05) is 13.8 Å². The maximum absolute atomic E-state index is 4.49. The minimum atomic E-state index is 0.889. The fourth-order valence-corrected chi connectivity index (χ4v) is 2.32. The second-order valence-corrected chi connectivity index (χ2v) is 5.01. The number of likely N-dealkylation sites (tertiary alicyclic amines) is 1. The first-order chi connectivity index (χ1) is 7.63. The van der Waals surface area contributed by atoms with E-state index in [0.717, 1.165) is 24.0 Å². The lowest BCUT2D eigenvalue weighted by Crippen LogP contribution is -2.32. The molecule has 0 saturated carbocycles. The van der Waals surface area contributed by atoms with E-state index >= 15 is 0 Å². The van der Waals surface area contributed by atoms with Gasteiger partial charge in [0.1, 0.15) is 5.82 Å². The third kappa shape index (κ3) is 3.01. The van der Waals surface area contributed by atoms with E-state index in [-0.39, 0.29) is 0 Å². The molecule has 1 aromatic rings. The molecule has 2 rings (SSSR count). The molecule has 0 aromatic carbocycles. The number of hydrogen-bond donors (Lipinski definition) is 0. The van der Waals surface area contributed by atoms with Gasteiger partial charge in [-0.15, -0.1) is 0 Å². The van der Waals surface area contributed by atoms with Crippen LogP contribution in [0.3, 0.4) is 0 Å². The highest BCUT2D eigenvalue weighted by Crippen LogP contribution is 2.17. The summed E-state index contributed by atoms with van der Waals surface area (Å²) >= 11 is 0. The van der Waals surface area contributed by atoms with Crippen LogP contribution in [0.15, 0.2) is 6.07 Å². The summed E-state index contributed by atoms with van der Waals surface area (Å²) < 4.78 is 0. The highest BCUT2D eigenvalue weighted by molar-refractivity contribution is 5.09. The van der Waals surface area contributed by atoms with Crippen LogP contribution in [0, 0.1) is 19.8 Å². The van der Waals surface area contributed by atoms with E-state index in [0.29, 0.717) is 0 Å². The summed E-state index contributed by atoms with van der Waals surface area (Å²) in [6.07, 6.45) is 2.64. The van der Waals surface area contributed by atoms with E-state index < -0.39 is 0 Å². The third-order valence-corrected chi connectivity index (χ3v) is 3.28. The average molecular weight is 219 g/mol. The molecule has 3 nitrogen and oxygen atoms in total. The van der Waals surface area contributed by atoms with Crippen LogP contribution >= 0.6 is 0 Å². The van der Waals surface area contributed by atoms with Crippen molar-refractivity contribution in [2.24, 2.45) is 5.92 Å². The molecule has 0 bridgehead atoms. The van der Waals surface area contributed by atoms with Gasteiger partial charge in [-0.1, -0.05) is 6.92 Å². The number of piperidine rings is 1. The van der Waals surface area contributed by atoms with Crippen molar-refractivity contribution < 1.29 is 0 Å². The summed E-state index contributed by atoms with van der Waals surface area (Å²) in [5, 5.41) is 0. The van der Waals surface area contributed by atoms with Crippen molar-refractivity contribution in [3.8, 4) is 0 Å². The maximum Gasteiger partial charge on any atom is 0.125 e. The Kier molecular flexibility index (Phi) is 3.54. The summed E-state index contributed by atoms with van der Waals surface area (Å²) in [4.78, 5) is 11.3. The molecular weight excluding hydrogens is 198 g/mol. The van der Waals surface area contributed by atoms with Crippen LogP contribution < -0.4 is 0 Å². The second kappa shape index (κ2) is 4.91. The lowest BCUT2D eigenvalue weighted by Gasteiger charge is -2.29. The van der Waals surface area contributed by atoms with Crippen molar-refractivity contribution >= 4 is 0 Å². The SMILES string of the molecule is Cc1cc(CN2CCC(C)CC2)nc(C)n1. The Morgan fingerprint density at radius 1 is 1.25 bits per heavy atom. The van der Waals surface area contributed by atoms with E-state index in [2.05, 4.69) is 27.9 Å². The van der Waals surface area contributed by atoms with Gasteiger partial charge in [0.2, 0.25) is 0 Å². The summed E-state index contributed by atoms with van der Waals surface area (Å²) in [5.74, 6) is 1.78. The van der Waals surface area contributed by atoms with Gasteiger partial charge in [-0.25, -0.2) is 9.97 Å². The van der Waals surface area contributed by atoms with E-state index in [1.54, 1.807) is 0 Å². The van der Waals surface area contributed by atoms with Crippen LogP contribution in [0.25, 0.3) is 0 Å². The van der Waals surface area contributed by atoms with Gasteiger partial charge in [0.25, 0.3) is 0 Å². The van der Waals surface area contributed by atoms with Gasteiger partial charge in [0.05, 0.1) is 5.69 Å². The van der Waals surface area contributed by atoms with Gasteiger partial charge < -0.3 is 0 Å². The van der Waals surface area contributed by atoms with Gasteiger partial charge in [-0.2, -0.15) is 0 Å². The standard InChI is InChI=1S/C13H21N3/c1-10-4-6-16(7-5-10)9-13-8-11(2)14-12(3)15-13/h8,10H,4-7,9H2,1-3H3. The van der Waals surface area contributed by atoms with E-state index in [9.17, 15) is 0 Å². The number of rotatable bonds is 2. The van der Waals surface area contributed by atoms with Gasteiger partial charge in [0.15, 0.2) is 0 Å². The van der Waals surface area contributed by atoms with Crippen LogP contribution in [0.5, 0.6) is 0 Å². The number of aryl methyl sites for hydroxylation is 2. The normalized spacial score (nSPS) is 18.9. The molecule has 16 heavy (non-hydrogen) atoms. The fraction of sp³-hybridized carbons (Fsp3) is 0.692. The molecule has 1 aromatic heterocycles. The minimum absolute atomic E-state index is 0.889. The third-order valence-electron chi connectivity index (χ3n) is 3.28. The highest BCUT2D eigenvalue weighted by atomic mass is 15.1. The highest BCUT2D eigenvalue weighted by Gasteiger charge is 2.16. The van der Waals surface area contributed by atoms with Crippen LogP contribution in [-0.4, -0.2) is 28.0 Å². The van der Waals surface area contributed by atoms with Crippen LogP contribution in [0.1, 0.15) is 37.0 Å². The van der Waals surface area contributed by atoms with Crippen molar-refractivity contribution in [2.75, 3.05) is 13.1 Å². The Balaban J connectivity index is 1.98. The topological polar surface area (TPSA) is 29.0 Å². The molecule has 0 aliphatic carbocycles. The fourth-order valence-electron chi connectivity index (χ4n) is 2.32. The van der Waals surface area contributed by atoms with Crippen molar-refractivity contribution in [1.82, 2.24) is 14.9 Å². The van der Waals surface area contributed by atoms with Crippen molar-refractivity contribution in [1.29, 1.82) is 0 Å². The number of aromatic nitrogens is 2. The molecule has 0 radical (unpaired) electrons. The van der Waals surface area contributed by atoms with Gasteiger partial charge in [0, 0.05) is 12.2 Å². The van der Waals surface area contributed by atoms with Crippen molar-refractivity contribution in [2.45, 2.75) is 40.2 Å². The Hall–Kier alpha value is -0.960. The predicted octanol–water partition coefficient (Wildman–Crippen LogP) is 2.33. The van der Waals surface area contributed by atoms with Gasteiger partial charge in [-0.05, 0) is 51.8 Å². The van der Waals surface area contributed by atoms with Crippen LogP contribution in [0.2, 0.25) is 0 Å². The van der Waals surface area contributed by atoms with Crippen molar-refractivity contribution in [3.63, 3.8) is 0 Å². The summed E-state index contributed by atoms with van der Waals surface area (Å²) in [5.41, 5.74) is 2.24. The molecule has 3 heteroatoms. The molecule has 2 heterocycles. The Bertz CT molecular complexity index is 334. The smallest absolute Gasteiger partial charge is 0.125 e. The molecule has 1 saturated heterocycles. The Morgan fingerprint density at radius 3 is 2.56 bits per heavy atom. The Morgan fingerprint density at radius 2 is 1.94 bits per heavy atom. The minimum Gasteiger partial charge on any atom is -0.297 e. The number of nitrogens with zero attached hydrogens (tertiary/aromatic N) is 3. The lowest BCUT2D eigenvalue weighted by atomic mass is 9.99. The molecule has 1 aliphatic rings. The first-order valence-corrected chi connectivity index (χ1v) is 6.17. The zero-order valence-corrected chi connectivity index (χ0v) is 10.5. The Labute approximate surface area is 97.9 Å². The molecule has 1 fully saturated rings. The molecule has 88 valence electrons. The zero-order valence-electron chi connectivity index (χ0n) is 10.5. The number of hydrogen-bond acceptors (Lipinski definition) is 3. The largest absolute Gasteiger partial charge is 0.297 e. The molecule has 0 unspecified atom stereocenters. The van der Waals surface area contributed by atoms with E-state index in [1.165, 1.54) is 31.6 Å². The average Bonchev–Trinajstić information content (AvgIpc) is 2.20. The quantitative estimate of drug-likeness (QED) is 0.764. The zero-order chi connectivity index (χ0) is 11.5. The van der Waals surface area contributed by atoms with Gasteiger partial charge in [-0.3, -0.25) is 4.90 Å². The second-order valence-electron chi connectivity index (χ2n) is 5.01. The van der Waals surface area contributed by atoms with E-state index in [4.69, 9.17) is 0 Å². The molecule has 0 N–H and O–H groups in total. The van der Waals surface area contributed by atoms with Gasteiger partial charge >= 0.3 is 0 Å². The molecule has 1 aliphatic heterocycles. The van der Waals surface area contributed by atoms with Crippen LogP contribution in [0.4, 0.5) is 0 Å². The molecule has 0 spiro atoms. The predicted molar refractivity (Wildman–Crippen MR) is 65.2 cm³/mol. The molecule has 0 atom stereocenters. The lowest BCUT2D eigenvalue weighted by molar-refractivity contribution is 0.183. The first kappa shape index (κ1) is 11.5. The molecule has 0 amide bonds. The summed E-state index contributed by atoms with van der Waals surface area (Å²) in [6.45, 7) is 9.75. The maximum atomic E-state index is 4.49.